The summed E-state index contributed by atoms with van der Waals surface area (Å²) in [6, 6.07) is 14.9. The third kappa shape index (κ3) is 4.05. The third-order valence-corrected chi connectivity index (χ3v) is 5.94. The van der Waals surface area contributed by atoms with Crippen molar-refractivity contribution in [3.8, 4) is 0 Å². The molecule has 0 aromatic heterocycles. The molecule has 136 valence electrons. The Balaban J connectivity index is 1.76. The average Bonchev–Trinajstić information content (AvgIpc) is 2.74. The predicted octanol–water partition coefficient (Wildman–Crippen LogP) is 4.90. The van der Waals surface area contributed by atoms with Gasteiger partial charge in [-0.15, -0.1) is 11.8 Å². The van der Waals surface area contributed by atoms with E-state index < -0.39 is 0 Å². The lowest BCUT2D eigenvalue weighted by molar-refractivity contribution is -0.117. The number of anilines is 2. The van der Waals surface area contributed by atoms with Gasteiger partial charge < -0.3 is 10.2 Å². The van der Waals surface area contributed by atoms with E-state index in [-0.39, 0.29) is 29.5 Å². The summed E-state index contributed by atoms with van der Waals surface area (Å²) in [6.07, 6.45) is 0.283. The van der Waals surface area contributed by atoms with Gasteiger partial charge in [0.15, 0.2) is 0 Å². The molecule has 2 unspecified atom stereocenters. The molecule has 4 nitrogen and oxygen atoms in total. The second-order valence-corrected chi connectivity index (χ2v) is 8.09. The highest BCUT2D eigenvalue weighted by Crippen LogP contribution is 2.35. The van der Waals surface area contributed by atoms with Gasteiger partial charge in [-0.3, -0.25) is 9.59 Å². The van der Waals surface area contributed by atoms with Gasteiger partial charge in [-0.25, -0.2) is 0 Å². The Morgan fingerprint density at radius 1 is 1.27 bits per heavy atom. The molecule has 0 fully saturated rings. The Labute approximate surface area is 162 Å². The fourth-order valence-corrected chi connectivity index (χ4v) is 4.41. The van der Waals surface area contributed by atoms with Crippen LogP contribution in [-0.2, 0) is 9.59 Å². The maximum absolute atomic E-state index is 13.0. The quantitative estimate of drug-likeness (QED) is 0.810. The molecule has 2 amide bonds. The van der Waals surface area contributed by atoms with Gasteiger partial charge in [-0.05, 0) is 37.6 Å². The number of thioether (sulfide) groups is 1. The summed E-state index contributed by atoms with van der Waals surface area (Å²) in [5.74, 6) is 0.238. The number of carbonyl (C=O) groups excluding carboxylic acids is 2. The van der Waals surface area contributed by atoms with Crippen molar-refractivity contribution in [3.63, 3.8) is 0 Å². The Hall–Kier alpha value is -1.98. The van der Waals surface area contributed by atoms with E-state index in [9.17, 15) is 9.59 Å². The molecule has 0 saturated heterocycles. The summed E-state index contributed by atoms with van der Waals surface area (Å²) in [6.45, 7) is 3.95. The van der Waals surface area contributed by atoms with Gasteiger partial charge in [0, 0.05) is 22.7 Å². The SMILES string of the molecule is CC(SCC(=O)N1c2ccccc2NC(=O)CC1C)c1ccccc1Cl. The smallest absolute Gasteiger partial charge is 0.237 e. The monoisotopic (exact) mass is 388 g/mol. The minimum absolute atomic E-state index is 0.00893. The van der Waals surface area contributed by atoms with Crippen molar-refractivity contribution in [2.75, 3.05) is 16.0 Å². The molecule has 2 aromatic rings. The number of benzene rings is 2. The minimum atomic E-state index is -0.192. The standard InChI is InChI=1S/C20H21ClN2O2S/c1-13-11-19(24)22-17-9-5-6-10-18(17)23(13)20(25)12-26-14(2)15-7-3-4-8-16(15)21/h3-10,13-14H,11-12H2,1-2H3,(H,22,24). The maximum Gasteiger partial charge on any atom is 0.237 e. The number of hydrogen-bond acceptors (Lipinski definition) is 3. The Kier molecular flexibility index (Phi) is 5.89. The molecule has 6 heteroatoms. The van der Waals surface area contributed by atoms with Gasteiger partial charge in [0.1, 0.15) is 0 Å². The zero-order valence-electron chi connectivity index (χ0n) is 14.7. The first-order chi connectivity index (χ1) is 12.5. The van der Waals surface area contributed by atoms with Crippen LogP contribution in [-0.4, -0.2) is 23.6 Å². The van der Waals surface area contributed by atoms with Crippen LogP contribution in [0.3, 0.4) is 0 Å². The largest absolute Gasteiger partial charge is 0.324 e. The topological polar surface area (TPSA) is 49.4 Å². The highest BCUT2D eigenvalue weighted by Gasteiger charge is 2.29. The minimum Gasteiger partial charge on any atom is -0.324 e. The summed E-state index contributed by atoms with van der Waals surface area (Å²) >= 11 is 7.81. The Morgan fingerprint density at radius 2 is 1.96 bits per heavy atom. The van der Waals surface area contributed by atoms with Crippen LogP contribution in [0.5, 0.6) is 0 Å². The average molecular weight is 389 g/mol. The van der Waals surface area contributed by atoms with Gasteiger partial charge >= 0.3 is 0 Å². The Morgan fingerprint density at radius 3 is 2.73 bits per heavy atom. The maximum atomic E-state index is 13.0. The first-order valence-electron chi connectivity index (χ1n) is 8.54. The zero-order valence-corrected chi connectivity index (χ0v) is 16.3. The van der Waals surface area contributed by atoms with Crippen molar-refractivity contribution >= 4 is 46.6 Å². The molecule has 1 N–H and O–H groups in total. The highest BCUT2D eigenvalue weighted by molar-refractivity contribution is 8.00. The summed E-state index contributed by atoms with van der Waals surface area (Å²) in [4.78, 5) is 26.8. The van der Waals surface area contributed by atoms with Crippen LogP contribution in [0, 0.1) is 0 Å². The van der Waals surface area contributed by atoms with E-state index in [0.29, 0.717) is 16.5 Å². The molecule has 2 aromatic carbocycles. The van der Waals surface area contributed by atoms with Crippen LogP contribution in [0.2, 0.25) is 5.02 Å². The summed E-state index contributed by atoms with van der Waals surface area (Å²) in [5.41, 5.74) is 2.45. The number of halogens is 1. The van der Waals surface area contributed by atoms with Crippen LogP contribution < -0.4 is 10.2 Å². The van der Waals surface area contributed by atoms with Crippen LogP contribution >= 0.6 is 23.4 Å². The second kappa shape index (κ2) is 8.14. The van der Waals surface area contributed by atoms with Crippen molar-refractivity contribution in [3.05, 3.63) is 59.1 Å². The lowest BCUT2D eigenvalue weighted by atomic mass is 10.2. The molecular weight excluding hydrogens is 368 g/mol. The number of rotatable bonds is 4. The van der Waals surface area contributed by atoms with Crippen LogP contribution in [0.25, 0.3) is 0 Å². The zero-order chi connectivity index (χ0) is 18.7. The van der Waals surface area contributed by atoms with Crippen molar-refractivity contribution < 1.29 is 9.59 Å². The van der Waals surface area contributed by atoms with E-state index in [1.807, 2.05) is 62.4 Å². The molecule has 0 saturated carbocycles. The fraction of sp³-hybridized carbons (Fsp3) is 0.300. The molecule has 1 heterocycles. The van der Waals surface area contributed by atoms with Crippen LogP contribution in [0.4, 0.5) is 11.4 Å². The lowest BCUT2D eigenvalue weighted by Crippen LogP contribution is -2.40. The number of para-hydroxylation sites is 2. The van der Waals surface area contributed by atoms with E-state index in [2.05, 4.69) is 5.32 Å². The summed E-state index contributed by atoms with van der Waals surface area (Å²) in [7, 11) is 0. The third-order valence-electron chi connectivity index (χ3n) is 4.43. The molecule has 3 rings (SSSR count). The first-order valence-corrected chi connectivity index (χ1v) is 9.97. The molecule has 1 aliphatic rings. The van der Waals surface area contributed by atoms with E-state index in [0.717, 1.165) is 11.3 Å². The molecule has 1 aliphatic heterocycles. The molecular formula is C20H21ClN2O2S. The van der Waals surface area contributed by atoms with Gasteiger partial charge in [-0.2, -0.15) is 0 Å². The fourth-order valence-electron chi connectivity index (χ4n) is 3.13. The predicted molar refractivity (Wildman–Crippen MR) is 109 cm³/mol. The van der Waals surface area contributed by atoms with Gasteiger partial charge in [0.25, 0.3) is 0 Å². The molecule has 26 heavy (non-hydrogen) atoms. The van der Waals surface area contributed by atoms with Crippen molar-refractivity contribution in [1.29, 1.82) is 0 Å². The van der Waals surface area contributed by atoms with E-state index >= 15 is 0 Å². The van der Waals surface area contributed by atoms with Crippen LogP contribution in [0.15, 0.2) is 48.5 Å². The molecule has 0 bridgehead atoms. The first kappa shape index (κ1) is 18.8. The Bertz CT molecular complexity index is 827. The summed E-state index contributed by atoms with van der Waals surface area (Å²) in [5, 5.41) is 3.69. The van der Waals surface area contributed by atoms with Gasteiger partial charge in [0.05, 0.1) is 17.1 Å². The number of nitrogens with zero attached hydrogens (tertiary/aromatic N) is 1. The normalized spacial score (nSPS) is 17.9. The van der Waals surface area contributed by atoms with E-state index in [1.54, 1.807) is 16.7 Å². The number of amides is 2. The van der Waals surface area contributed by atoms with E-state index in [4.69, 9.17) is 11.6 Å². The van der Waals surface area contributed by atoms with Crippen molar-refractivity contribution in [1.82, 2.24) is 0 Å². The molecule has 0 aliphatic carbocycles. The number of nitrogens with one attached hydrogen (secondary N) is 1. The number of fused-ring (bicyclic) bond motifs is 1. The lowest BCUT2D eigenvalue weighted by Gasteiger charge is -2.28. The van der Waals surface area contributed by atoms with Crippen molar-refractivity contribution in [2.24, 2.45) is 0 Å². The molecule has 0 radical (unpaired) electrons. The number of carbonyl (C=O) groups is 2. The second-order valence-electron chi connectivity index (χ2n) is 6.36. The van der Waals surface area contributed by atoms with Gasteiger partial charge in [-0.1, -0.05) is 41.9 Å². The van der Waals surface area contributed by atoms with Crippen molar-refractivity contribution in [2.45, 2.75) is 31.6 Å². The van der Waals surface area contributed by atoms with Gasteiger partial charge in [0.2, 0.25) is 11.8 Å². The van der Waals surface area contributed by atoms with Crippen LogP contribution in [0.1, 0.15) is 31.1 Å². The molecule has 0 spiro atoms. The highest BCUT2D eigenvalue weighted by atomic mass is 35.5. The summed E-state index contributed by atoms with van der Waals surface area (Å²) < 4.78 is 0. The molecule has 2 atom stereocenters. The number of hydrogen-bond donors (Lipinski definition) is 1. The van der Waals surface area contributed by atoms with E-state index in [1.165, 1.54) is 0 Å².